The van der Waals surface area contributed by atoms with Gasteiger partial charge in [0.1, 0.15) is 11.8 Å². The van der Waals surface area contributed by atoms with E-state index in [4.69, 9.17) is 5.73 Å². The lowest BCUT2D eigenvalue weighted by Crippen LogP contribution is -2.51. The van der Waals surface area contributed by atoms with Crippen LogP contribution in [-0.4, -0.2) is 18.4 Å². The van der Waals surface area contributed by atoms with Crippen LogP contribution in [-0.2, 0) is 11.2 Å². The van der Waals surface area contributed by atoms with Gasteiger partial charge in [-0.1, -0.05) is 30.3 Å². The van der Waals surface area contributed by atoms with Crippen molar-refractivity contribution < 1.29 is 9.28 Å². The van der Waals surface area contributed by atoms with Crippen molar-refractivity contribution in [2.24, 2.45) is 5.73 Å². The molecule has 0 bridgehead atoms. The number of benzene rings is 1. The van der Waals surface area contributed by atoms with Crippen molar-refractivity contribution in [1.29, 1.82) is 0 Å². The first-order valence-electron chi connectivity index (χ1n) is 4.34. The van der Waals surface area contributed by atoms with Gasteiger partial charge in [-0.15, -0.1) is 10.0 Å². The number of nitrogens with one attached hydrogen (secondary N) is 1. The van der Waals surface area contributed by atoms with Gasteiger partial charge in [0.05, 0.1) is 0 Å². The first kappa shape index (κ1) is 10.8. The van der Waals surface area contributed by atoms with Crippen LogP contribution in [0.25, 0.3) is 0 Å². The second kappa shape index (κ2) is 4.83. The molecule has 76 valence electrons. The Morgan fingerprint density at radius 1 is 1.43 bits per heavy atom. The molecule has 1 rings (SSSR count). The van der Waals surface area contributed by atoms with Crippen molar-refractivity contribution in [3.05, 3.63) is 35.9 Å². The predicted octanol–water partition coefficient (Wildman–Crippen LogP) is 0.600. The van der Waals surface area contributed by atoms with E-state index in [2.05, 4.69) is 0 Å². The Hall–Kier alpha value is -1.26. The van der Waals surface area contributed by atoms with E-state index in [-0.39, 0.29) is 13.0 Å². The number of aldehydes is 1. The Morgan fingerprint density at radius 2 is 2.07 bits per heavy atom. The zero-order valence-electron chi connectivity index (χ0n) is 7.74. The molecule has 3 N–H and O–H groups in total. The van der Waals surface area contributed by atoms with Gasteiger partial charge in [0.2, 0.25) is 0 Å². The molecule has 0 aliphatic heterocycles. The molecule has 0 aliphatic carbocycles. The highest BCUT2D eigenvalue weighted by atomic mass is 19.2. The van der Waals surface area contributed by atoms with Gasteiger partial charge in [0.25, 0.3) is 0 Å². The minimum absolute atomic E-state index is 0.0676. The Morgan fingerprint density at radius 3 is 2.50 bits per heavy atom. The zero-order chi connectivity index (χ0) is 10.4. The molecule has 0 saturated heterocycles. The second-order valence-electron chi connectivity index (χ2n) is 3.23. The van der Waals surface area contributed by atoms with Crippen LogP contribution >= 0.6 is 0 Å². The summed E-state index contributed by atoms with van der Waals surface area (Å²) in [6.45, 7) is -0.0676. The van der Waals surface area contributed by atoms with Crippen LogP contribution < -0.4 is 11.3 Å². The van der Waals surface area contributed by atoms with Crippen molar-refractivity contribution in [2.75, 3.05) is 6.54 Å². The SMILES string of the molecule is NCC(C=O)(Cc1ccccc1)NF. The quantitative estimate of drug-likeness (QED) is 0.535. The fourth-order valence-electron chi connectivity index (χ4n) is 1.22. The lowest BCUT2D eigenvalue weighted by Gasteiger charge is -2.22. The van der Waals surface area contributed by atoms with Gasteiger partial charge < -0.3 is 10.5 Å². The first-order valence-corrected chi connectivity index (χ1v) is 4.34. The number of carbonyl (C=O) groups excluding carboxylic acids is 1. The van der Waals surface area contributed by atoms with E-state index < -0.39 is 5.54 Å². The number of nitrogens with two attached hydrogens (primary N) is 1. The molecule has 0 heterocycles. The van der Waals surface area contributed by atoms with E-state index in [0.717, 1.165) is 5.56 Å². The molecule has 3 nitrogen and oxygen atoms in total. The molecule has 0 amide bonds. The van der Waals surface area contributed by atoms with E-state index in [1.807, 2.05) is 30.3 Å². The lowest BCUT2D eigenvalue weighted by atomic mass is 9.93. The van der Waals surface area contributed by atoms with Crippen LogP contribution in [0.15, 0.2) is 30.3 Å². The van der Waals surface area contributed by atoms with Crippen molar-refractivity contribution in [2.45, 2.75) is 12.0 Å². The summed E-state index contributed by atoms with van der Waals surface area (Å²) in [6, 6.07) is 9.17. The monoisotopic (exact) mass is 196 g/mol. The van der Waals surface area contributed by atoms with Gasteiger partial charge in [-0.05, 0) is 5.56 Å². The van der Waals surface area contributed by atoms with Crippen LogP contribution in [0.5, 0.6) is 0 Å². The summed E-state index contributed by atoms with van der Waals surface area (Å²) < 4.78 is 12.4. The third kappa shape index (κ3) is 2.37. The predicted molar refractivity (Wildman–Crippen MR) is 52.2 cm³/mol. The van der Waals surface area contributed by atoms with E-state index in [1.54, 1.807) is 0 Å². The maximum atomic E-state index is 12.4. The van der Waals surface area contributed by atoms with E-state index in [0.29, 0.717) is 6.29 Å². The van der Waals surface area contributed by atoms with E-state index >= 15 is 0 Å². The molecule has 0 aliphatic rings. The molecular weight excluding hydrogens is 183 g/mol. The molecule has 0 spiro atoms. The van der Waals surface area contributed by atoms with Crippen molar-refractivity contribution in [1.82, 2.24) is 5.54 Å². The Balaban J connectivity index is 2.79. The molecule has 1 unspecified atom stereocenters. The smallest absolute Gasteiger partial charge is 0.144 e. The van der Waals surface area contributed by atoms with Crippen LogP contribution in [0.4, 0.5) is 4.48 Å². The van der Waals surface area contributed by atoms with Crippen molar-refractivity contribution in [3.8, 4) is 0 Å². The topological polar surface area (TPSA) is 55.1 Å². The van der Waals surface area contributed by atoms with Crippen LogP contribution in [0.2, 0.25) is 0 Å². The van der Waals surface area contributed by atoms with Gasteiger partial charge >= 0.3 is 0 Å². The summed E-state index contributed by atoms with van der Waals surface area (Å²) >= 11 is 0. The molecule has 0 saturated carbocycles. The molecule has 0 aromatic heterocycles. The first-order chi connectivity index (χ1) is 6.76. The van der Waals surface area contributed by atoms with Crippen molar-refractivity contribution in [3.63, 3.8) is 0 Å². The van der Waals surface area contributed by atoms with E-state index in [1.165, 1.54) is 5.54 Å². The molecule has 1 atom stereocenters. The van der Waals surface area contributed by atoms with Crippen LogP contribution in [0, 0.1) is 0 Å². The molecule has 1 aromatic carbocycles. The number of carbonyl (C=O) groups is 1. The maximum Gasteiger partial charge on any atom is 0.144 e. The number of rotatable bonds is 5. The van der Waals surface area contributed by atoms with Gasteiger partial charge in [-0.3, -0.25) is 0 Å². The molecule has 0 fully saturated rings. The highest BCUT2D eigenvalue weighted by Crippen LogP contribution is 2.10. The molecule has 4 heteroatoms. The maximum absolute atomic E-state index is 12.4. The summed E-state index contributed by atoms with van der Waals surface area (Å²) in [6.07, 6.45) is 0.768. The standard InChI is InChI=1S/C10H13FN2O/c11-13-10(7-12,8-14)6-9-4-2-1-3-5-9/h1-5,8,13H,6-7,12H2. The van der Waals surface area contributed by atoms with Gasteiger partial charge in [0, 0.05) is 13.0 Å². The molecular formula is C10H13FN2O. The van der Waals surface area contributed by atoms with Crippen LogP contribution in [0.3, 0.4) is 0 Å². The lowest BCUT2D eigenvalue weighted by molar-refractivity contribution is -0.114. The van der Waals surface area contributed by atoms with Crippen LogP contribution in [0.1, 0.15) is 5.56 Å². The Kier molecular flexibility index (Phi) is 3.73. The largest absolute Gasteiger partial charge is 0.328 e. The highest BCUT2D eigenvalue weighted by molar-refractivity contribution is 5.65. The Labute approximate surface area is 82.0 Å². The van der Waals surface area contributed by atoms with Gasteiger partial charge in [0.15, 0.2) is 0 Å². The summed E-state index contributed by atoms with van der Waals surface area (Å²) in [5.74, 6) is 0. The fourth-order valence-corrected chi connectivity index (χ4v) is 1.22. The molecule has 1 aromatic rings. The average Bonchev–Trinajstić information content (AvgIpc) is 2.28. The number of hydrogen-bond donors (Lipinski definition) is 2. The molecule has 0 radical (unpaired) electrons. The highest BCUT2D eigenvalue weighted by Gasteiger charge is 2.28. The molecule has 14 heavy (non-hydrogen) atoms. The van der Waals surface area contributed by atoms with E-state index in [9.17, 15) is 9.28 Å². The number of halogens is 1. The summed E-state index contributed by atoms with van der Waals surface area (Å²) in [4.78, 5) is 10.7. The second-order valence-corrected chi connectivity index (χ2v) is 3.23. The summed E-state index contributed by atoms with van der Waals surface area (Å²) in [7, 11) is 0. The normalized spacial score (nSPS) is 14.7. The zero-order valence-corrected chi connectivity index (χ0v) is 7.74. The van der Waals surface area contributed by atoms with Gasteiger partial charge in [-0.25, -0.2) is 0 Å². The fraction of sp³-hybridized carbons (Fsp3) is 0.300. The Bertz CT molecular complexity index is 285. The summed E-state index contributed by atoms with van der Waals surface area (Å²) in [5, 5.41) is 0. The number of hydrogen-bond acceptors (Lipinski definition) is 3. The van der Waals surface area contributed by atoms with Gasteiger partial charge in [-0.2, -0.15) is 0 Å². The average molecular weight is 196 g/mol. The summed E-state index contributed by atoms with van der Waals surface area (Å²) in [5.41, 5.74) is 6.39. The third-order valence-corrected chi connectivity index (χ3v) is 2.14. The minimum atomic E-state index is -1.29. The minimum Gasteiger partial charge on any atom is -0.328 e. The van der Waals surface area contributed by atoms with Crippen molar-refractivity contribution >= 4 is 6.29 Å². The third-order valence-electron chi connectivity index (χ3n) is 2.14.